The third-order valence-electron chi connectivity index (χ3n) is 6.66. The van der Waals surface area contributed by atoms with Crippen molar-refractivity contribution >= 4 is 0 Å². The van der Waals surface area contributed by atoms with Crippen LogP contribution >= 0.6 is 0 Å². The van der Waals surface area contributed by atoms with Crippen molar-refractivity contribution in [3.05, 3.63) is 58.7 Å². The van der Waals surface area contributed by atoms with Crippen molar-refractivity contribution in [1.82, 2.24) is 0 Å². The topological polar surface area (TPSA) is 49.7 Å². The average Bonchev–Trinajstić information content (AvgIpc) is 2.69. The van der Waals surface area contributed by atoms with E-state index >= 15 is 0 Å². The van der Waals surface area contributed by atoms with Gasteiger partial charge in [0.15, 0.2) is 0 Å². The molecule has 2 N–H and O–H groups in total. The Balaban J connectivity index is 2.03. The van der Waals surface area contributed by atoms with E-state index in [-0.39, 0.29) is 11.8 Å². The minimum absolute atomic E-state index is 0.131. The van der Waals surface area contributed by atoms with Gasteiger partial charge >= 0.3 is 0 Å². The molecule has 0 aliphatic rings. The molecule has 166 valence electrons. The lowest BCUT2D eigenvalue weighted by molar-refractivity contribution is -0.0786. The van der Waals surface area contributed by atoms with E-state index in [1.54, 1.807) is 6.07 Å². The summed E-state index contributed by atoms with van der Waals surface area (Å²) in [5, 5.41) is 20.7. The van der Waals surface area contributed by atoms with Crippen LogP contribution in [-0.4, -0.2) is 22.4 Å². The molecular formula is C27H40O3. The molecular weight excluding hydrogens is 372 g/mol. The Bertz CT molecular complexity index is 815. The molecule has 0 aliphatic heterocycles. The van der Waals surface area contributed by atoms with E-state index in [9.17, 15) is 10.2 Å². The largest absolute Gasteiger partial charge is 0.508 e. The first-order valence-electron chi connectivity index (χ1n) is 11.3. The first-order valence-corrected chi connectivity index (χ1v) is 11.3. The Morgan fingerprint density at radius 2 is 1.60 bits per heavy atom. The Morgan fingerprint density at radius 3 is 2.13 bits per heavy atom. The van der Waals surface area contributed by atoms with Gasteiger partial charge in [0.1, 0.15) is 23.7 Å². The second kappa shape index (κ2) is 10.3. The van der Waals surface area contributed by atoms with Gasteiger partial charge in [-0.3, -0.25) is 0 Å². The van der Waals surface area contributed by atoms with E-state index in [0.29, 0.717) is 18.3 Å². The van der Waals surface area contributed by atoms with E-state index in [2.05, 4.69) is 32.0 Å². The quantitative estimate of drug-likeness (QED) is 0.465. The van der Waals surface area contributed by atoms with Crippen LogP contribution in [0.5, 0.6) is 11.5 Å². The molecule has 0 aliphatic carbocycles. The van der Waals surface area contributed by atoms with Crippen LogP contribution in [0.25, 0.3) is 0 Å². The number of ether oxygens (including phenoxy) is 1. The fraction of sp³-hybridized carbons (Fsp3) is 0.556. The van der Waals surface area contributed by atoms with Gasteiger partial charge in [0, 0.05) is 0 Å². The Labute approximate surface area is 183 Å². The van der Waals surface area contributed by atoms with Crippen LogP contribution in [0.4, 0.5) is 0 Å². The molecule has 0 saturated carbocycles. The number of benzene rings is 2. The van der Waals surface area contributed by atoms with Crippen molar-refractivity contribution in [2.24, 2.45) is 11.8 Å². The minimum Gasteiger partial charge on any atom is -0.508 e. The van der Waals surface area contributed by atoms with Gasteiger partial charge in [-0.05, 0) is 85.3 Å². The van der Waals surface area contributed by atoms with Crippen molar-refractivity contribution in [2.75, 3.05) is 6.61 Å². The van der Waals surface area contributed by atoms with Crippen molar-refractivity contribution in [3.63, 3.8) is 0 Å². The summed E-state index contributed by atoms with van der Waals surface area (Å²) in [5.74, 6) is 1.95. The lowest BCUT2D eigenvalue weighted by Crippen LogP contribution is -2.46. The molecule has 0 saturated heterocycles. The summed E-state index contributed by atoms with van der Waals surface area (Å²) in [4.78, 5) is 0. The Morgan fingerprint density at radius 1 is 0.933 bits per heavy atom. The normalized spacial score (nSPS) is 13.1. The number of hydrogen-bond donors (Lipinski definition) is 2. The first-order chi connectivity index (χ1) is 14.1. The number of aryl methyl sites for hydroxylation is 3. The van der Waals surface area contributed by atoms with Crippen molar-refractivity contribution in [1.29, 1.82) is 0 Å². The van der Waals surface area contributed by atoms with Gasteiger partial charge in [-0.2, -0.15) is 0 Å². The van der Waals surface area contributed by atoms with E-state index in [1.807, 2.05) is 46.8 Å². The summed E-state index contributed by atoms with van der Waals surface area (Å²) < 4.78 is 6.05. The molecule has 0 fully saturated rings. The molecule has 3 nitrogen and oxygen atoms in total. The smallest absolute Gasteiger partial charge is 0.122 e. The zero-order chi connectivity index (χ0) is 22.5. The molecule has 2 rings (SSSR count). The highest BCUT2D eigenvalue weighted by atomic mass is 16.5. The van der Waals surface area contributed by atoms with Crippen LogP contribution in [-0.2, 0) is 6.42 Å². The highest BCUT2D eigenvalue weighted by Gasteiger charge is 2.35. The SMILES string of the molecule is CCC(CCc1ccc(OCC(O)(C(C)C)C(C)C)c(C)c1)c1ccc(O)c(C)c1. The maximum atomic E-state index is 10.9. The molecule has 0 spiro atoms. The minimum atomic E-state index is -0.832. The number of aliphatic hydroxyl groups is 1. The maximum absolute atomic E-state index is 10.9. The summed E-state index contributed by atoms with van der Waals surface area (Å²) in [6.45, 7) is 14.7. The van der Waals surface area contributed by atoms with E-state index in [0.717, 1.165) is 36.1 Å². The fourth-order valence-corrected chi connectivity index (χ4v) is 4.10. The Hall–Kier alpha value is -2.00. The average molecular weight is 413 g/mol. The molecule has 0 radical (unpaired) electrons. The number of aromatic hydroxyl groups is 1. The highest BCUT2D eigenvalue weighted by Crippen LogP contribution is 2.31. The second-order valence-electron chi connectivity index (χ2n) is 9.38. The molecule has 30 heavy (non-hydrogen) atoms. The predicted molar refractivity (Wildman–Crippen MR) is 125 cm³/mol. The summed E-state index contributed by atoms with van der Waals surface area (Å²) in [6, 6.07) is 12.3. The van der Waals surface area contributed by atoms with Gasteiger partial charge in [0.2, 0.25) is 0 Å². The van der Waals surface area contributed by atoms with Gasteiger partial charge in [-0.25, -0.2) is 0 Å². The number of phenolic OH excluding ortho intramolecular Hbond substituents is 1. The highest BCUT2D eigenvalue weighted by molar-refractivity contribution is 5.38. The maximum Gasteiger partial charge on any atom is 0.122 e. The molecule has 0 heterocycles. The van der Waals surface area contributed by atoms with Gasteiger partial charge in [-0.1, -0.05) is 58.9 Å². The molecule has 0 amide bonds. The zero-order valence-electron chi connectivity index (χ0n) is 19.8. The summed E-state index contributed by atoms with van der Waals surface area (Å²) in [6.07, 6.45) is 3.15. The molecule has 2 aromatic rings. The van der Waals surface area contributed by atoms with Gasteiger partial charge in [0.25, 0.3) is 0 Å². The molecule has 1 atom stereocenters. The predicted octanol–water partition coefficient (Wildman–Crippen LogP) is 6.56. The van der Waals surface area contributed by atoms with Gasteiger partial charge in [-0.15, -0.1) is 0 Å². The summed E-state index contributed by atoms with van der Waals surface area (Å²) in [7, 11) is 0. The monoisotopic (exact) mass is 412 g/mol. The van der Waals surface area contributed by atoms with Crippen molar-refractivity contribution in [3.8, 4) is 11.5 Å². The van der Waals surface area contributed by atoms with Crippen molar-refractivity contribution in [2.45, 2.75) is 79.2 Å². The van der Waals surface area contributed by atoms with Crippen LogP contribution in [0.3, 0.4) is 0 Å². The standard InChI is InChI=1S/C27H40O3/c1-8-23(24-12-13-25(28)20(6)16-24)11-9-22-10-14-26(21(7)15-22)30-17-27(29,18(2)3)19(4)5/h10,12-16,18-19,23,28-29H,8-9,11,17H2,1-7H3. The summed E-state index contributed by atoms with van der Waals surface area (Å²) in [5.41, 5.74) is 3.81. The van der Waals surface area contributed by atoms with Crippen LogP contribution < -0.4 is 4.74 Å². The van der Waals surface area contributed by atoms with Gasteiger partial charge < -0.3 is 14.9 Å². The van der Waals surface area contributed by atoms with Crippen molar-refractivity contribution < 1.29 is 14.9 Å². The lowest BCUT2D eigenvalue weighted by Gasteiger charge is -2.36. The number of hydrogen-bond acceptors (Lipinski definition) is 3. The Kier molecular flexibility index (Phi) is 8.37. The van der Waals surface area contributed by atoms with Gasteiger partial charge in [0.05, 0.1) is 0 Å². The lowest BCUT2D eigenvalue weighted by atomic mass is 9.81. The first kappa shape index (κ1) is 24.3. The van der Waals surface area contributed by atoms with Crippen LogP contribution in [0, 0.1) is 25.7 Å². The van der Waals surface area contributed by atoms with E-state index in [1.165, 1.54) is 11.1 Å². The van der Waals surface area contributed by atoms with E-state index in [4.69, 9.17) is 4.74 Å². The molecule has 0 bridgehead atoms. The van der Waals surface area contributed by atoms with Crippen LogP contribution in [0.1, 0.15) is 75.6 Å². The third-order valence-corrected chi connectivity index (χ3v) is 6.66. The number of rotatable bonds is 10. The molecule has 0 aromatic heterocycles. The second-order valence-corrected chi connectivity index (χ2v) is 9.38. The van der Waals surface area contributed by atoms with E-state index < -0.39 is 5.60 Å². The zero-order valence-corrected chi connectivity index (χ0v) is 19.8. The summed E-state index contributed by atoms with van der Waals surface area (Å²) >= 11 is 0. The third kappa shape index (κ3) is 5.78. The molecule has 3 heteroatoms. The molecule has 1 unspecified atom stereocenters. The number of phenols is 1. The molecule has 2 aromatic carbocycles. The van der Waals surface area contributed by atoms with Crippen LogP contribution in [0.15, 0.2) is 36.4 Å². The fourth-order valence-electron chi connectivity index (χ4n) is 4.10. The van der Waals surface area contributed by atoms with Crippen LogP contribution in [0.2, 0.25) is 0 Å².